The lowest BCUT2D eigenvalue weighted by Gasteiger charge is -2.18. The first-order valence-corrected chi connectivity index (χ1v) is 7.75. The Morgan fingerprint density at radius 3 is 2.67 bits per heavy atom. The number of carbonyl (C=O) groups is 1. The maximum Gasteiger partial charge on any atom is 0.363 e. The Kier molecular flexibility index (Phi) is 3.70. The quantitative estimate of drug-likeness (QED) is 0.620. The molecule has 0 radical (unpaired) electrons. The fourth-order valence-electron chi connectivity index (χ4n) is 2.47. The number of fused-ring (bicyclic) bond motifs is 1. The van der Waals surface area contributed by atoms with Crippen molar-refractivity contribution in [2.24, 2.45) is 4.99 Å². The molecule has 2 aliphatic rings. The fourth-order valence-corrected chi connectivity index (χ4v) is 2.68. The molecule has 0 amide bonds. The van der Waals surface area contributed by atoms with Crippen molar-refractivity contribution in [1.82, 2.24) is 0 Å². The zero-order valence-corrected chi connectivity index (χ0v) is 13.2. The van der Waals surface area contributed by atoms with Crippen molar-refractivity contribution in [1.29, 1.82) is 0 Å². The van der Waals surface area contributed by atoms with Crippen molar-refractivity contribution in [3.05, 3.63) is 64.3 Å². The molecule has 4 rings (SSSR count). The molecular weight excluding hydrogens is 330 g/mol. The van der Waals surface area contributed by atoms with Gasteiger partial charge in [0.15, 0.2) is 17.2 Å². The van der Waals surface area contributed by atoms with E-state index in [4.69, 9.17) is 25.8 Å². The van der Waals surface area contributed by atoms with Crippen molar-refractivity contribution in [2.45, 2.75) is 0 Å². The van der Waals surface area contributed by atoms with Gasteiger partial charge in [-0.25, -0.2) is 9.79 Å². The summed E-state index contributed by atoms with van der Waals surface area (Å²) in [4.78, 5) is 16.3. The summed E-state index contributed by atoms with van der Waals surface area (Å²) >= 11 is 6.12. The van der Waals surface area contributed by atoms with Crippen LogP contribution in [0.4, 0.5) is 0 Å². The SMILES string of the molecule is O=C1OC(c2ccccc2Cl)=N/C1=C\c1ccc2c(c1)OCCO2. The molecule has 5 nitrogen and oxygen atoms in total. The molecule has 0 unspecified atom stereocenters. The first-order chi connectivity index (χ1) is 11.7. The molecule has 0 fully saturated rings. The smallest absolute Gasteiger partial charge is 0.363 e. The van der Waals surface area contributed by atoms with Gasteiger partial charge in [-0.1, -0.05) is 29.8 Å². The Morgan fingerprint density at radius 1 is 1.04 bits per heavy atom. The topological polar surface area (TPSA) is 57.1 Å². The molecule has 0 aliphatic carbocycles. The molecular formula is C18H12ClNO4. The summed E-state index contributed by atoms with van der Waals surface area (Å²) in [5.74, 6) is 1.03. The zero-order chi connectivity index (χ0) is 16.5. The van der Waals surface area contributed by atoms with Gasteiger partial charge in [-0.3, -0.25) is 0 Å². The van der Waals surface area contributed by atoms with Crippen molar-refractivity contribution in [3.8, 4) is 11.5 Å². The van der Waals surface area contributed by atoms with Gasteiger partial charge in [-0.05, 0) is 35.9 Å². The highest BCUT2D eigenvalue weighted by atomic mass is 35.5. The van der Waals surface area contributed by atoms with Crippen molar-refractivity contribution in [2.75, 3.05) is 13.2 Å². The lowest BCUT2D eigenvalue weighted by molar-refractivity contribution is -0.129. The number of nitrogens with zero attached hydrogens (tertiary/aromatic N) is 1. The van der Waals surface area contributed by atoms with Gasteiger partial charge < -0.3 is 14.2 Å². The summed E-state index contributed by atoms with van der Waals surface area (Å²) in [6, 6.07) is 12.5. The largest absolute Gasteiger partial charge is 0.486 e. The molecule has 120 valence electrons. The van der Waals surface area contributed by atoms with Gasteiger partial charge in [0, 0.05) is 0 Å². The lowest BCUT2D eigenvalue weighted by atomic mass is 10.1. The number of hydrogen-bond acceptors (Lipinski definition) is 5. The summed E-state index contributed by atoms with van der Waals surface area (Å²) in [6.45, 7) is 1.04. The third kappa shape index (κ3) is 2.74. The van der Waals surface area contributed by atoms with Crippen LogP contribution in [-0.2, 0) is 9.53 Å². The predicted molar refractivity (Wildman–Crippen MR) is 89.5 cm³/mol. The average molecular weight is 342 g/mol. The van der Waals surface area contributed by atoms with Crippen LogP contribution in [0.3, 0.4) is 0 Å². The summed E-state index contributed by atoms with van der Waals surface area (Å²) in [6.07, 6.45) is 1.64. The Labute approximate surface area is 143 Å². The highest BCUT2D eigenvalue weighted by molar-refractivity contribution is 6.34. The molecule has 2 aromatic carbocycles. The normalized spacial score (nSPS) is 17.6. The third-order valence-corrected chi connectivity index (χ3v) is 3.92. The number of aliphatic imine (C=N–C) groups is 1. The van der Waals surface area contributed by atoms with E-state index in [1.807, 2.05) is 6.07 Å². The second-order valence-electron chi connectivity index (χ2n) is 5.22. The Bertz CT molecular complexity index is 888. The summed E-state index contributed by atoms with van der Waals surface area (Å²) in [5.41, 5.74) is 1.56. The minimum Gasteiger partial charge on any atom is -0.486 e. The van der Waals surface area contributed by atoms with Gasteiger partial charge >= 0.3 is 5.97 Å². The molecule has 6 heteroatoms. The number of esters is 1. The van der Waals surface area contributed by atoms with E-state index in [1.165, 1.54) is 0 Å². The Balaban J connectivity index is 1.67. The van der Waals surface area contributed by atoms with Crippen molar-refractivity contribution in [3.63, 3.8) is 0 Å². The molecule has 0 bridgehead atoms. The third-order valence-electron chi connectivity index (χ3n) is 3.59. The molecule has 24 heavy (non-hydrogen) atoms. The number of hydrogen-bond donors (Lipinski definition) is 0. The monoisotopic (exact) mass is 341 g/mol. The van der Waals surface area contributed by atoms with Gasteiger partial charge in [-0.2, -0.15) is 0 Å². The summed E-state index contributed by atoms with van der Waals surface area (Å²) in [5, 5.41) is 0.477. The van der Waals surface area contributed by atoms with Crippen LogP contribution in [-0.4, -0.2) is 25.1 Å². The highest BCUT2D eigenvalue weighted by Crippen LogP contribution is 2.32. The zero-order valence-electron chi connectivity index (χ0n) is 12.5. The first kappa shape index (κ1) is 14.8. The molecule has 0 saturated carbocycles. The van der Waals surface area contributed by atoms with Crippen LogP contribution in [0.25, 0.3) is 6.08 Å². The maximum absolute atomic E-state index is 12.1. The van der Waals surface area contributed by atoms with Crippen LogP contribution in [0.1, 0.15) is 11.1 Å². The van der Waals surface area contributed by atoms with Gasteiger partial charge in [-0.15, -0.1) is 0 Å². The summed E-state index contributed by atoms with van der Waals surface area (Å²) < 4.78 is 16.2. The predicted octanol–water partition coefficient (Wildman–Crippen LogP) is 3.46. The van der Waals surface area contributed by atoms with E-state index in [1.54, 1.807) is 42.5 Å². The number of benzene rings is 2. The molecule has 2 aromatic rings. The van der Waals surface area contributed by atoms with Crippen molar-refractivity contribution < 1.29 is 19.0 Å². The van der Waals surface area contributed by atoms with Gasteiger partial charge in [0.25, 0.3) is 0 Å². The average Bonchev–Trinajstić information content (AvgIpc) is 2.96. The van der Waals surface area contributed by atoms with Crippen molar-refractivity contribution >= 4 is 29.5 Å². The molecule has 0 saturated heterocycles. The van der Waals surface area contributed by atoms with Crippen LogP contribution in [0, 0.1) is 0 Å². The van der Waals surface area contributed by atoms with Gasteiger partial charge in [0.2, 0.25) is 5.90 Å². The minimum atomic E-state index is -0.514. The molecule has 0 aromatic heterocycles. The van der Waals surface area contributed by atoms with E-state index in [2.05, 4.69) is 4.99 Å². The van der Waals surface area contributed by atoms with E-state index >= 15 is 0 Å². The van der Waals surface area contributed by atoms with E-state index in [0.717, 1.165) is 5.56 Å². The van der Waals surface area contributed by atoms with Crippen LogP contribution >= 0.6 is 11.6 Å². The Morgan fingerprint density at radius 2 is 1.83 bits per heavy atom. The number of cyclic esters (lactones) is 1. The number of ether oxygens (including phenoxy) is 3. The highest BCUT2D eigenvalue weighted by Gasteiger charge is 2.25. The van der Waals surface area contributed by atoms with Gasteiger partial charge in [0.05, 0.1) is 10.6 Å². The van der Waals surface area contributed by atoms with E-state index < -0.39 is 5.97 Å². The van der Waals surface area contributed by atoms with Crippen LogP contribution < -0.4 is 9.47 Å². The maximum atomic E-state index is 12.1. The number of rotatable bonds is 2. The minimum absolute atomic E-state index is 0.203. The second-order valence-corrected chi connectivity index (χ2v) is 5.63. The molecule has 0 spiro atoms. The molecule has 2 aliphatic heterocycles. The first-order valence-electron chi connectivity index (χ1n) is 7.38. The summed E-state index contributed by atoms with van der Waals surface area (Å²) in [7, 11) is 0. The lowest BCUT2D eigenvalue weighted by Crippen LogP contribution is -2.15. The number of halogens is 1. The van der Waals surface area contributed by atoms with Crippen LogP contribution in [0.15, 0.2) is 53.2 Å². The Hall–Kier alpha value is -2.79. The molecule has 0 N–H and O–H groups in total. The second kappa shape index (κ2) is 6.02. The molecule has 0 atom stereocenters. The number of carbonyl (C=O) groups excluding carboxylic acids is 1. The van der Waals surface area contributed by atoms with E-state index in [9.17, 15) is 4.79 Å². The van der Waals surface area contributed by atoms with E-state index in [0.29, 0.717) is 35.3 Å². The van der Waals surface area contributed by atoms with Gasteiger partial charge in [0.1, 0.15) is 13.2 Å². The van der Waals surface area contributed by atoms with Crippen LogP contribution in [0.5, 0.6) is 11.5 Å². The van der Waals surface area contributed by atoms with E-state index in [-0.39, 0.29) is 11.6 Å². The molecule has 2 heterocycles. The fraction of sp³-hybridized carbons (Fsp3) is 0.111. The standard InChI is InChI=1S/C18H12ClNO4/c19-13-4-2-1-3-12(13)17-20-14(18(21)24-17)9-11-5-6-15-16(10-11)23-8-7-22-15/h1-6,9-10H,7-8H2/b14-9-. The van der Waals surface area contributed by atoms with Crippen LogP contribution in [0.2, 0.25) is 5.02 Å².